The van der Waals surface area contributed by atoms with Gasteiger partial charge in [0.2, 0.25) is 12.1 Å². The van der Waals surface area contributed by atoms with Crippen molar-refractivity contribution in [3.05, 3.63) is 52.0 Å². The number of anilines is 1. The zero-order chi connectivity index (χ0) is 18.8. The highest BCUT2D eigenvalue weighted by Crippen LogP contribution is 2.33. The lowest BCUT2D eigenvalue weighted by molar-refractivity contribution is 0.223. The Hall–Kier alpha value is -2.26. The number of ether oxygens (including phenoxy) is 1. The Morgan fingerprint density at radius 2 is 2.12 bits per heavy atom. The van der Waals surface area contributed by atoms with Crippen molar-refractivity contribution in [1.82, 2.24) is 0 Å². The number of amidine groups is 1. The number of aliphatic imine (C=N–C) groups is 1. The lowest BCUT2D eigenvalue weighted by atomic mass is 9.92. The van der Waals surface area contributed by atoms with Crippen molar-refractivity contribution < 1.29 is 9.84 Å². The van der Waals surface area contributed by atoms with Gasteiger partial charge in [-0.1, -0.05) is 52.0 Å². The van der Waals surface area contributed by atoms with Gasteiger partial charge in [0.25, 0.3) is 0 Å². The molecule has 3 rings (SSSR count). The van der Waals surface area contributed by atoms with Gasteiger partial charge in [0.1, 0.15) is 19.3 Å². The third-order valence-corrected chi connectivity index (χ3v) is 4.84. The number of halogens is 1. The maximum Gasteiger partial charge on any atom is 0.244 e. The zero-order valence-corrected chi connectivity index (χ0v) is 16.5. The lowest BCUT2D eigenvalue weighted by Crippen LogP contribution is -2.22. The quantitative estimate of drug-likeness (QED) is 0.317. The number of fused-ring (bicyclic) bond motifs is 1. The van der Waals surface area contributed by atoms with Gasteiger partial charge in [0.05, 0.1) is 5.56 Å². The highest BCUT2D eigenvalue weighted by atomic mass is 79.9. The van der Waals surface area contributed by atoms with E-state index in [-0.39, 0.29) is 22.5 Å². The molecule has 0 bridgehead atoms. The fourth-order valence-electron chi connectivity index (χ4n) is 2.61. The van der Waals surface area contributed by atoms with Crippen LogP contribution in [0.2, 0.25) is 0 Å². The maximum absolute atomic E-state index is 10.5. The van der Waals surface area contributed by atoms with Crippen LogP contribution in [0.1, 0.15) is 17.4 Å². The van der Waals surface area contributed by atoms with Crippen LogP contribution in [0.15, 0.2) is 45.9 Å². The summed E-state index contributed by atoms with van der Waals surface area (Å²) >= 11 is 4.59. The van der Waals surface area contributed by atoms with E-state index in [9.17, 15) is 5.11 Å². The van der Waals surface area contributed by atoms with Crippen LogP contribution < -0.4 is 10.8 Å². The SMILES string of the molecule is Bc1cc(Br)cc(C2Nc3ccccc3C(=N)/C(=N\C(=N)SC)O2)c1O. The molecule has 1 atom stereocenters. The molecular formula is C17H16BBrN4O2S. The van der Waals surface area contributed by atoms with Crippen molar-refractivity contribution in [2.75, 3.05) is 11.6 Å². The number of para-hydroxylation sites is 1. The minimum Gasteiger partial charge on any atom is -0.508 e. The van der Waals surface area contributed by atoms with E-state index in [1.54, 1.807) is 26.2 Å². The highest BCUT2D eigenvalue weighted by Gasteiger charge is 2.28. The van der Waals surface area contributed by atoms with Crippen LogP contribution in [0.4, 0.5) is 5.69 Å². The topological polar surface area (TPSA) is 102 Å². The average molecular weight is 431 g/mol. The van der Waals surface area contributed by atoms with Crippen LogP contribution >= 0.6 is 27.7 Å². The van der Waals surface area contributed by atoms with Gasteiger partial charge in [0, 0.05) is 15.7 Å². The standard InChI is InChI=1S/C17H16BBrN4O2S/c1-26-17(21)23-16-13(20)9-4-2-3-5-12(9)22-15(25-16)10-6-8(19)7-11(18)14(10)24/h2-7,15,20-22,24H,18H2,1H3/b20-13?,21-17?,23-16+. The summed E-state index contributed by atoms with van der Waals surface area (Å²) in [6.07, 6.45) is 0.975. The first-order valence-electron chi connectivity index (χ1n) is 7.72. The molecule has 0 aliphatic carbocycles. The van der Waals surface area contributed by atoms with Gasteiger partial charge in [-0.25, -0.2) is 0 Å². The summed E-state index contributed by atoms with van der Waals surface area (Å²) in [5, 5.41) is 30.0. The van der Waals surface area contributed by atoms with Gasteiger partial charge < -0.3 is 15.2 Å². The average Bonchev–Trinajstić information content (AvgIpc) is 2.75. The van der Waals surface area contributed by atoms with E-state index >= 15 is 0 Å². The van der Waals surface area contributed by atoms with Crippen molar-refractivity contribution in [3.63, 3.8) is 0 Å². The van der Waals surface area contributed by atoms with Crippen LogP contribution in [0.5, 0.6) is 5.75 Å². The van der Waals surface area contributed by atoms with Crippen molar-refractivity contribution >= 4 is 63.5 Å². The molecule has 0 spiro atoms. The highest BCUT2D eigenvalue weighted by molar-refractivity contribution is 9.10. The van der Waals surface area contributed by atoms with E-state index < -0.39 is 6.23 Å². The Morgan fingerprint density at radius 3 is 2.85 bits per heavy atom. The number of phenolic OH excluding ortho intramolecular Hbond substituents is 1. The summed E-state index contributed by atoms with van der Waals surface area (Å²) in [5.74, 6) is 0.139. The molecule has 0 saturated heterocycles. The smallest absolute Gasteiger partial charge is 0.244 e. The first-order chi connectivity index (χ1) is 12.4. The Morgan fingerprint density at radius 1 is 1.38 bits per heavy atom. The van der Waals surface area contributed by atoms with Crippen molar-refractivity contribution in [2.45, 2.75) is 6.23 Å². The Bertz CT molecular complexity index is 935. The van der Waals surface area contributed by atoms with Crippen LogP contribution in [-0.4, -0.2) is 36.0 Å². The molecule has 1 heterocycles. The number of rotatable bonds is 1. The van der Waals surface area contributed by atoms with E-state index in [0.29, 0.717) is 22.3 Å². The predicted octanol–water partition coefficient (Wildman–Crippen LogP) is 2.62. The Labute approximate surface area is 164 Å². The van der Waals surface area contributed by atoms with Crippen molar-refractivity contribution in [2.24, 2.45) is 4.99 Å². The maximum atomic E-state index is 10.5. The second kappa shape index (κ2) is 7.55. The molecule has 4 N–H and O–H groups in total. The molecule has 0 amide bonds. The van der Waals surface area contributed by atoms with Gasteiger partial charge in [-0.2, -0.15) is 4.99 Å². The first kappa shape index (κ1) is 18.5. The molecular weight excluding hydrogens is 415 g/mol. The summed E-state index contributed by atoms with van der Waals surface area (Å²) in [4.78, 5) is 4.13. The van der Waals surface area contributed by atoms with Gasteiger partial charge in [0.15, 0.2) is 5.17 Å². The van der Waals surface area contributed by atoms with Gasteiger partial charge >= 0.3 is 0 Å². The number of hydrogen-bond donors (Lipinski definition) is 4. The number of aromatic hydroxyl groups is 1. The molecule has 132 valence electrons. The minimum absolute atomic E-state index is 0.0313. The number of nitrogens with zero attached hydrogens (tertiary/aromatic N) is 1. The molecule has 0 aromatic heterocycles. The Kier molecular flexibility index (Phi) is 5.38. The van der Waals surface area contributed by atoms with Crippen LogP contribution in [0, 0.1) is 10.8 Å². The minimum atomic E-state index is -0.761. The normalized spacial score (nSPS) is 17.8. The van der Waals surface area contributed by atoms with Gasteiger partial charge in [-0.05, 0) is 23.9 Å². The second-order valence-corrected chi connectivity index (χ2v) is 7.36. The summed E-state index contributed by atoms with van der Waals surface area (Å²) in [6, 6.07) is 10.9. The van der Waals surface area contributed by atoms with Crippen LogP contribution in [0.25, 0.3) is 0 Å². The molecule has 2 aromatic rings. The lowest BCUT2D eigenvalue weighted by Gasteiger charge is -2.21. The largest absolute Gasteiger partial charge is 0.508 e. The predicted molar refractivity (Wildman–Crippen MR) is 113 cm³/mol. The van der Waals surface area contributed by atoms with Gasteiger partial charge in [-0.15, -0.1) is 0 Å². The number of thioether (sulfide) groups is 1. The molecule has 1 unspecified atom stereocenters. The number of nitrogens with one attached hydrogen (secondary N) is 3. The molecule has 2 aromatic carbocycles. The summed E-state index contributed by atoms with van der Waals surface area (Å²) < 4.78 is 6.74. The summed E-state index contributed by atoms with van der Waals surface area (Å²) in [5.41, 5.74) is 2.61. The summed E-state index contributed by atoms with van der Waals surface area (Å²) in [6.45, 7) is 0. The van der Waals surface area contributed by atoms with E-state index in [0.717, 1.165) is 16.2 Å². The zero-order valence-electron chi connectivity index (χ0n) is 14.1. The number of benzene rings is 2. The first-order valence-corrected chi connectivity index (χ1v) is 9.74. The van der Waals surface area contributed by atoms with Gasteiger partial charge in [-0.3, -0.25) is 10.8 Å². The molecule has 0 saturated carbocycles. The van der Waals surface area contributed by atoms with Crippen LogP contribution in [0.3, 0.4) is 0 Å². The van der Waals surface area contributed by atoms with E-state index in [1.807, 2.05) is 24.3 Å². The number of phenols is 1. The molecule has 1 aliphatic rings. The molecule has 1 aliphatic heterocycles. The molecule has 26 heavy (non-hydrogen) atoms. The number of hydrogen-bond acceptors (Lipinski definition) is 6. The fraction of sp³-hybridized carbons (Fsp3) is 0.118. The third kappa shape index (κ3) is 3.63. The van der Waals surface area contributed by atoms with Crippen molar-refractivity contribution in [1.29, 1.82) is 10.8 Å². The Balaban J connectivity index is 2.15. The monoisotopic (exact) mass is 430 g/mol. The van der Waals surface area contributed by atoms with Crippen molar-refractivity contribution in [3.8, 4) is 5.75 Å². The molecule has 0 fully saturated rings. The molecule has 9 heteroatoms. The second-order valence-electron chi connectivity index (χ2n) is 5.65. The molecule has 0 radical (unpaired) electrons. The summed E-state index contributed by atoms with van der Waals surface area (Å²) in [7, 11) is 1.80. The van der Waals surface area contributed by atoms with E-state index in [2.05, 4.69) is 26.2 Å². The van der Waals surface area contributed by atoms with E-state index in [1.165, 1.54) is 0 Å². The fourth-order valence-corrected chi connectivity index (χ4v) is 3.37. The van der Waals surface area contributed by atoms with E-state index in [4.69, 9.17) is 15.6 Å². The third-order valence-electron chi connectivity index (χ3n) is 3.90. The molecule has 6 nitrogen and oxygen atoms in total. The van der Waals surface area contributed by atoms with Crippen LogP contribution in [-0.2, 0) is 4.74 Å².